The summed E-state index contributed by atoms with van der Waals surface area (Å²) in [5, 5.41) is 5.42. The number of sulfone groups is 1. The van der Waals surface area contributed by atoms with E-state index in [-0.39, 0.29) is 22.7 Å². The average molecular weight is 372 g/mol. The van der Waals surface area contributed by atoms with Crippen molar-refractivity contribution >= 4 is 44.0 Å². The van der Waals surface area contributed by atoms with Gasteiger partial charge in [-0.15, -0.1) is 11.3 Å². The molecule has 3 N–H and O–H groups in total. The molecular weight excluding hydrogens is 356 g/mol. The van der Waals surface area contributed by atoms with Crippen LogP contribution in [0.3, 0.4) is 0 Å². The molecule has 0 aromatic carbocycles. The monoisotopic (exact) mass is 372 g/mol. The first kappa shape index (κ1) is 18.1. The Bertz CT molecular complexity index is 796. The number of hydrogen-bond donors (Lipinski definition) is 2. The van der Waals surface area contributed by atoms with E-state index in [9.17, 15) is 22.8 Å². The summed E-state index contributed by atoms with van der Waals surface area (Å²) in [6, 6.07) is 1.48. The number of anilines is 1. The Morgan fingerprint density at radius 2 is 2.17 bits per heavy atom. The number of amides is 2. The molecule has 1 aromatic rings. The van der Waals surface area contributed by atoms with Crippen LogP contribution in [-0.2, 0) is 24.2 Å². The molecule has 10 heteroatoms. The van der Waals surface area contributed by atoms with Gasteiger partial charge in [0.1, 0.15) is 5.00 Å². The topological polar surface area (TPSA) is 133 Å². The fourth-order valence-corrected chi connectivity index (χ4v) is 4.29. The first-order chi connectivity index (χ1) is 11.2. The van der Waals surface area contributed by atoms with Gasteiger partial charge in [0.15, 0.2) is 15.9 Å². The molecular formula is C14H16N2O6S2. The van der Waals surface area contributed by atoms with Gasteiger partial charge in [0, 0.05) is 11.3 Å². The van der Waals surface area contributed by atoms with Gasteiger partial charge in [-0.05, 0) is 18.4 Å². The molecule has 130 valence electrons. The van der Waals surface area contributed by atoms with Crippen LogP contribution in [0.25, 0.3) is 0 Å². The Morgan fingerprint density at radius 3 is 2.75 bits per heavy atom. The van der Waals surface area contributed by atoms with Crippen LogP contribution in [0.2, 0.25) is 0 Å². The van der Waals surface area contributed by atoms with Crippen molar-refractivity contribution in [3.63, 3.8) is 0 Å². The fraction of sp³-hybridized carbons (Fsp3) is 0.357. The second kappa shape index (κ2) is 7.14. The summed E-state index contributed by atoms with van der Waals surface area (Å²) in [7, 11) is -3.24. The van der Waals surface area contributed by atoms with Crippen molar-refractivity contribution in [1.29, 1.82) is 0 Å². The van der Waals surface area contributed by atoms with Crippen LogP contribution in [0, 0.1) is 5.92 Å². The number of thiophene rings is 1. The van der Waals surface area contributed by atoms with Crippen molar-refractivity contribution in [3.8, 4) is 0 Å². The highest BCUT2D eigenvalue weighted by atomic mass is 32.2. The minimum absolute atomic E-state index is 0.126. The lowest BCUT2D eigenvalue weighted by molar-refractivity contribution is -0.153. The maximum atomic E-state index is 12.0. The number of hydrogen-bond acceptors (Lipinski definition) is 7. The molecule has 2 heterocycles. The van der Waals surface area contributed by atoms with Crippen LogP contribution >= 0.6 is 11.3 Å². The molecule has 24 heavy (non-hydrogen) atoms. The maximum absolute atomic E-state index is 12.0. The number of nitrogens with one attached hydrogen (secondary N) is 1. The quantitative estimate of drug-likeness (QED) is 0.705. The molecule has 0 radical (unpaired) electrons. The molecule has 0 spiro atoms. The first-order valence-electron chi connectivity index (χ1n) is 6.96. The number of allylic oxidation sites excluding steroid dienone is 1. The van der Waals surface area contributed by atoms with Crippen molar-refractivity contribution in [2.75, 3.05) is 11.1 Å². The van der Waals surface area contributed by atoms with Crippen LogP contribution in [-0.4, -0.2) is 38.1 Å². The minimum Gasteiger partial charge on any atom is -0.453 e. The van der Waals surface area contributed by atoms with Gasteiger partial charge < -0.3 is 15.8 Å². The zero-order valence-electron chi connectivity index (χ0n) is 12.7. The third kappa shape index (κ3) is 4.65. The minimum atomic E-state index is -3.24. The number of primary amides is 1. The van der Waals surface area contributed by atoms with E-state index in [0.29, 0.717) is 0 Å². The Balaban J connectivity index is 1.87. The summed E-state index contributed by atoms with van der Waals surface area (Å²) in [5.41, 5.74) is 5.35. The molecule has 1 aliphatic heterocycles. The van der Waals surface area contributed by atoms with Gasteiger partial charge in [0.25, 0.3) is 11.8 Å². The smallest absolute Gasteiger partial charge is 0.307 e. The highest BCUT2D eigenvalue weighted by Gasteiger charge is 2.26. The molecule has 2 rings (SSSR count). The summed E-state index contributed by atoms with van der Waals surface area (Å²) >= 11 is 1.12. The van der Waals surface area contributed by atoms with E-state index in [0.717, 1.165) is 16.7 Å². The first-order valence-corrected chi connectivity index (χ1v) is 9.56. The molecule has 0 aliphatic carbocycles. The summed E-state index contributed by atoms with van der Waals surface area (Å²) in [6.45, 7) is 1.38. The van der Waals surface area contributed by atoms with E-state index in [1.165, 1.54) is 19.1 Å². The Hall–Kier alpha value is -2.20. The van der Waals surface area contributed by atoms with Gasteiger partial charge in [-0.3, -0.25) is 14.4 Å². The summed E-state index contributed by atoms with van der Waals surface area (Å²) in [4.78, 5) is 35.0. The highest BCUT2D eigenvalue weighted by molar-refractivity contribution is 7.94. The van der Waals surface area contributed by atoms with E-state index in [1.807, 2.05) is 0 Å². The molecule has 2 atom stereocenters. The van der Waals surface area contributed by atoms with Crippen LogP contribution in [0.1, 0.15) is 23.7 Å². The van der Waals surface area contributed by atoms with Gasteiger partial charge in [-0.2, -0.15) is 0 Å². The van der Waals surface area contributed by atoms with Crippen LogP contribution in [0.5, 0.6) is 0 Å². The van der Waals surface area contributed by atoms with Crippen LogP contribution in [0.4, 0.5) is 5.00 Å². The average Bonchev–Trinajstić information content (AvgIpc) is 3.05. The predicted octanol–water partition coefficient (Wildman–Crippen LogP) is 0.666. The Labute approximate surface area is 142 Å². The number of ether oxygens (including phenoxy) is 1. The number of nitrogens with two attached hydrogens (primary N) is 1. The van der Waals surface area contributed by atoms with Gasteiger partial charge >= 0.3 is 5.97 Å². The SMILES string of the molecule is CC(OC(=O)CC1C=CS(=O)(=O)C1)C(=O)Nc1sccc1C(N)=O. The van der Waals surface area contributed by atoms with E-state index in [2.05, 4.69) is 5.32 Å². The van der Waals surface area contributed by atoms with Crippen molar-refractivity contribution in [3.05, 3.63) is 28.5 Å². The van der Waals surface area contributed by atoms with Crippen molar-refractivity contribution in [2.45, 2.75) is 19.4 Å². The Kier molecular flexibility index (Phi) is 5.40. The Morgan fingerprint density at radius 1 is 1.46 bits per heavy atom. The second-order valence-corrected chi connectivity index (χ2v) is 8.12. The van der Waals surface area contributed by atoms with E-state index >= 15 is 0 Å². The molecule has 0 saturated heterocycles. The molecule has 1 aliphatic rings. The lowest BCUT2D eigenvalue weighted by atomic mass is 10.1. The van der Waals surface area contributed by atoms with Crippen LogP contribution < -0.4 is 11.1 Å². The zero-order valence-corrected chi connectivity index (χ0v) is 14.4. The molecule has 0 saturated carbocycles. The fourth-order valence-electron chi connectivity index (χ4n) is 2.09. The molecule has 1 aromatic heterocycles. The van der Waals surface area contributed by atoms with Gasteiger partial charge in [0.2, 0.25) is 0 Å². The lowest BCUT2D eigenvalue weighted by Crippen LogP contribution is -2.31. The number of esters is 1. The van der Waals surface area contributed by atoms with Crippen molar-refractivity contribution in [1.82, 2.24) is 0 Å². The summed E-state index contributed by atoms with van der Waals surface area (Å²) < 4.78 is 27.6. The number of carbonyl (C=O) groups is 3. The highest BCUT2D eigenvalue weighted by Crippen LogP contribution is 2.23. The molecule has 8 nitrogen and oxygen atoms in total. The van der Waals surface area contributed by atoms with Crippen molar-refractivity contribution < 1.29 is 27.5 Å². The van der Waals surface area contributed by atoms with Gasteiger partial charge in [-0.25, -0.2) is 8.42 Å². The standard InChI is InChI=1S/C14H16N2O6S2/c1-8(13(19)16-14-10(12(15)18)2-4-23-14)22-11(17)6-9-3-5-24(20,21)7-9/h2-5,8-9H,6-7H2,1H3,(H2,15,18)(H,16,19). The van der Waals surface area contributed by atoms with Gasteiger partial charge in [0.05, 0.1) is 17.7 Å². The van der Waals surface area contributed by atoms with Gasteiger partial charge in [-0.1, -0.05) is 6.08 Å². The summed E-state index contributed by atoms with van der Waals surface area (Å²) in [5.74, 6) is -2.55. The van der Waals surface area contributed by atoms with E-state index in [4.69, 9.17) is 10.5 Å². The maximum Gasteiger partial charge on any atom is 0.307 e. The van der Waals surface area contributed by atoms with Crippen LogP contribution in [0.15, 0.2) is 22.9 Å². The van der Waals surface area contributed by atoms with Crippen molar-refractivity contribution in [2.24, 2.45) is 11.7 Å². The molecule has 2 unspecified atom stereocenters. The predicted molar refractivity (Wildman–Crippen MR) is 88.1 cm³/mol. The second-order valence-electron chi connectivity index (χ2n) is 5.27. The van der Waals surface area contributed by atoms with E-state index < -0.39 is 39.6 Å². The third-order valence-corrected chi connectivity index (χ3v) is 5.57. The molecule has 2 amide bonds. The number of rotatable bonds is 6. The number of carbonyl (C=O) groups excluding carboxylic acids is 3. The largest absolute Gasteiger partial charge is 0.453 e. The molecule has 0 fully saturated rings. The zero-order chi connectivity index (χ0) is 17.9. The third-order valence-electron chi connectivity index (χ3n) is 3.28. The lowest BCUT2D eigenvalue weighted by Gasteiger charge is -2.14. The molecule has 0 bridgehead atoms. The normalized spacial score (nSPS) is 19.6. The summed E-state index contributed by atoms with van der Waals surface area (Å²) in [6.07, 6.45) is 0.215. The van der Waals surface area contributed by atoms with E-state index in [1.54, 1.807) is 5.38 Å².